The normalized spacial score (nSPS) is 54.7. The van der Waals surface area contributed by atoms with Crippen molar-refractivity contribution in [2.75, 3.05) is 6.61 Å². The van der Waals surface area contributed by atoms with E-state index in [2.05, 4.69) is 27.7 Å². The van der Waals surface area contributed by atoms with E-state index in [1.54, 1.807) is 0 Å². The Balaban J connectivity index is 1.75. The first-order valence-corrected chi connectivity index (χ1v) is 9.54. The number of cyclic esters (lactones) is 1. The maximum Gasteiger partial charge on any atom is 0.338 e. The molecule has 1 N–H and O–H groups in total. The number of ether oxygens (including phenoxy) is 1. The predicted molar refractivity (Wildman–Crippen MR) is 88.7 cm³/mol. The molecule has 3 nitrogen and oxygen atoms in total. The molecule has 0 aromatic rings. The molecule has 23 heavy (non-hydrogen) atoms. The number of rotatable bonds is 0. The van der Waals surface area contributed by atoms with Crippen LogP contribution < -0.4 is 0 Å². The highest BCUT2D eigenvalue weighted by atomic mass is 16.6. The van der Waals surface area contributed by atoms with Gasteiger partial charge >= 0.3 is 5.97 Å². The van der Waals surface area contributed by atoms with Crippen LogP contribution in [0.4, 0.5) is 0 Å². The zero-order valence-electron chi connectivity index (χ0n) is 15.2. The molecule has 6 atom stereocenters. The number of carbonyl (C=O) groups excluding carboxylic acids is 1. The van der Waals surface area contributed by atoms with Gasteiger partial charge in [-0.25, -0.2) is 4.79 Å². The van der Waals surface area contributed by atoms with Crippen molar-refractivity contribution in [1.82, 2.24) is 0 Å². The average molecular weight is 320 g/mol. The van der Waals surface area contributed by atoms with E-state index >= 15 is 0 Å². The third-order valence-corrected chi connectivity index (χ3v) is 8.76. The maximum absolute atomic E-state index is 12.1. The Bertz CT molecular complexity index is 541. The lowest BCUT2D eigenvalue weighted by molar-refractivity contribution is -0.202. The summed E-state index contributed by atoms with van der Waals surface area (Å²) in [5, 5.41) is 11.0. The van der Waals surface area contributed by atoms with E-state index in [1.807, 2.05) is 0 Å². The highest BCUT2D eigenvalue weighted by Gasteiger charge is 2.68. The molecule has 3 heteroatoms. The van der Waals surface area contributed by atoms with Gasteiger partial charge in [0.05, 0.1) is 6.61 Å². The molecule has 0 unspecified atom stereocenters. The molecule has 3 aliphatic carbocycles. The topological polar surface area (TPSA) is 46.5 Å². The Morgan fingerprint density at radius 2 is 1.57 bits per heavy atom. The van der Waals surface area contributed by atoms with Crippen molar-refractivity contribution >= 4 is 5.97 Å². The van der Waals surface area contributed by atoms with Crippen molar-refractivity contribution in [2.24, 2.45) is 34.0 Å². The van der Waals surface area contributed by atoms with Crippen LogP contribution in [0.15, 0.2) is 0 Å². The lowest BCUT2D eigenvalue weighted by Crippen LogP contribution is -2.63. The fourth-order valence-corrected chi connectivity index (χ4v) is 7.70. The molecule has 0 spiro atoms. The molecular formula is C20H32O3. The monoisotopic (exact) mass is 320 g/mol. The second-order valence-electron chi connectivity index (χ2n) is 10.1. The molecule has 130 valence electrons. The Labute approximate surface area is 140 Å². The number of fused-ring (bicyclic) bond motifs is 5. The van der Waals surface area contributed by atoms with Crippen LogP contribution in [0.25, 0.3) is 0 Å². The number of aliphatic hydroxyl groups is 1. The summed E-state index contributed by atoms with van der Waals surface area (Å²) in [7, 11) is 0. The van der Waals surface area contributed by atoms with Gasteiger partial charge in [0, 0.05) is 5.92 Å². The highest BCUT2D eigenvalue weighted by molar-refractivity contribution is 5.82. The lowest BCUT2D eigenvalue weighted by atomic mass is 9.38. The van der Waals surface area contributed by atoms with E-state index < -0.39 is 5.60 Å². The van der Waals surface area contributed by atoms with E-state index in [4.69, 9.17) is 4.74 Å². The summed E-state index contributed by atoms with van der Waals surface area (Å²) in [6.07, 6.45) is 7.90. The van der Waals surface area contributed by atoms with Gasteiger partial charge in [-0.15, -0.1) is 0 Å². The Morgan fingerprint density at radius 1 is 0.913 bits per heavy atom. The van der Waals surface area contributed by atoms with Crippen LogP contribution in [0, 0.1) is 34.0 Å². The van der Waals surface area contributed by atoms with Crippen molar-refractivity contribution < 1.29 is 14.6 Å². The first kappa shape index (κ1) is 15.9. The molecule has 1 aliphatic heterocycles. The van der Waals surface area contributed by atoms with Gasteiger partial charge in [-0.05, 0) is 66.6 Å². The van der Waals surface area contributed by atoms with Gasteiger partial charge in [-0.3, -0.25) is 0 Å². The second-order valence-corrected chi connectivity index (χ2v) is 10.1. The summed E-state index contributed by atoms with van der Waals surface area (Å²) in [5.41, 5.74) is -0.401. The minimum Gasteiger partial charge on any atom is -0.463 e. The molecule has 4 rings (SSSR count). The number of esters is 1. The van der Waals surface area contributed by atoms with Crippen LogP contribution in [0.3, 0.4) is 0 Å². The lowest BCUT2D eigenvalue weighted by Gasteiger charge is -2.66. The molecule has 0 aromatic heterocycles. The van der Waals surface area contributed by atoms with E-state index in [9.17, 15) is 9.90 Å². The number of hydrogen-bond donors (Lipinski definition) is 1. The largest absolute Gasteiger partial charge is 0.463 e. The summed E-state index contributed by atoms with van der Waals surface area (Å²) in [6.45, 7) is 10.2. The van der Waals surface area contributed by atoms with Crippen LogP contribution in [0.2, 0.25) is 0 Å². The summed E-state index contributed by atoms with van der Waals surface area (Å²) in [6, 6.07) is 0. The first-order chi connectivity index (χ1) is 10.6. The molecule has 0 aromatic carbocycles. The SMILES string of the molecule is CC1(C)CCC[C@@]2(C)[C@@H]3CC[C@]4(O)C(=O)OC[C@@H]4[C@@]3(C)CC[C@H]12. The molecule has 1 saturated heterocycles. The van der Waals surface area contributed by atoms with Gasteiger partial charge in [0.1, 0.15) is 0 Å². The quantitative estimate of drug-likeness (QED) is 0.688. The summed E-state index contributed by atoms with van der Waals surface area (Å²) < 4.78 is 5.34. The van der Waals surface area contributed by atoms with Gasteiger partial charge in [-0.2, -0.15) is 0 Å². The van der Waals surface area contributed by atoms with E-state index in [0.717, 1.165) is 18.8 Å². The minimum atomic E-state index is -1.21. The molecule has 4 aliphatic rings. The predicted octanol–water partition coefficient (Wildman–Crippen LogP) is 3.93. The van der Waals surface area contributed by atoms with Gasteiger partial charge < -0.3 is 9.84 Å². The second kappa shape index (κ2) is 4.53. The van der Waals surface area contributed by atoms with Crippen molar-refractivity contribution in [3.8, 4) is 0 Å². The third-order valence-electron chi connectivity index (χ3n) is 8.76. The summed E-state index contributed by atoms with van der Waals surface area (Å²) in [4.78, 5) is 12.1. The molecule has 4 fully saturated rings. The molecule has 0 amide bonds. The van der Waals surface area contributed by atoms with Crippen molar-refractivity contribution in [3.63, 3.8) is 0 Å². The zero-order valence-corrected chi connectivity index (χ0v) is 15.2. The number of carbonyl (C=O) groups is 1. The fourth-order valence-electron chi connectivity index (χ4n) is 7.70. The van der Waals surface area contributed by atoms with Gasteiger partial charge in [0.15, 0.2) is 5.60 Å². The molecule has 0 bridgehead atoms. The molecule has 1 heterocycles. The fraction of sp³-hybridized carbons (Fsp3) is 0.950. The van der Waals surface area contributed by atoms with E-state index in [1.165, 1.54) is 25.7 Å². The standard InChI is InChI=1S/C20H32O3/c1-17(2)8-5-9-18(3)13(17)6-10-19(4)14(18)7-11-20(22)15(19)12-23-16(20)21/h13-15,22H,5-12H2,1-4H3/t13-,14+,15-,18-,19+,20-/m1/s1. The van der Waals surface area contributed by atoms with Gasteiger partial charge in [-0.1, -0.05) is 34.1 Å². The van der Waals surface area contributed by atoms with Crippen LogP contribution in [-0.4, -0.2) is 23.3 Å². The first-order valence-electron chi connectivity index (χ1n) is 9.54. The summed E-state index contributed by atoms with van der Waals surface area (Å²) in [5.74, 6) is 1.00. The van der Waals surface area contributed by atoms with Gasteiger partial charge in [0.2, 0.25) is 0 Å². The highest BCUT2D eigenvalue weighted by Crippen LogP contribution is 2.70. The Kier molecular flexibility index (Phi) is 3.14. The van der Waals surface area contributed by atoms with Crippen LogP contribution >= 0.6 is 0 Å². The third kappa shape index (κ3) is 1.83. The van der Waals surface area contributed by atoms with Crippen molar-refractivity contribution in [1.29, 1.82) is 0 Å². The zero-order chi connectivity index (χ0) is 16.7. The maximum atomic E-state index is 12.1. The van der Waals surface area contributed by atoms with Crippen LogP contribution in [0.1, 0.15) is 72.6 Å². The Hall–Kier alpha value is -0.570. The van der Waals surface area contributed by atoms with Crippen LogP contribution in [0.5, 0.6) is 0 Å². The van der Waals surface area contributed by atoms with E-state index in [-0.39, 0.29) is 17.3 Å². The van der Waals surface area contributed by atoms with Crippen LogP contribution in [-0.2, 0) is 9.53 Å². The van der Waals surface area contributed by atoms with Crippen molar-refractivity contribution in [2.45, 2.75) is 78.2 Å². The summed E-state index contributed by atoms with van der Waals surface area (Å²) >= 11 is 0. The average Bonchev–Trinajstić information content (AvgIpc) is 2.74. The van der Waals surface area contributed by atoms with E-state index in [0.29, 0.717) is 29.8 Å². The van der Waals surface area contributed by atoms with Crippen molar-refractivity contribution in [3.05, 3.63) is 0 Å². The Morgan fingerprint density at radius 3 is 2.30 bits per heavy atom. The minimum absolute atomic E-state index is 0.0101. The number of hydrogen-bond acceptors (Lipinski definition) is 3. The molecule has 3 saturated carbocycles. The molecular weight excluding hydrogens is 288 g/mol. The van der Waals surface area contributed by atoms with Gasteiger partial charge in [0.25, 0.3) is 0 Å². The molecule has 0 radical (unpaired) electrons. The smallest absolute Gasteiger partial charge is 0.338 e.